The quantitative estimate of drug-likeness (QED) is 0.797. The highest BCUT2D eigenvalue weighted by molar-refractivity contribution is 7.98. The second-order valence-electron chi connectivity index (χ2n) is 4.03. The average molecular weight is 263 g/mol. The highest BCUT2D eigenvalue weighted by atomic mass is 32.2. The van der Waals surface area contributed by atoms with Gasteiger partial charge in [-0.3, -0.25) is 0 Å². The van der Waals surface area contributed by atoms with Gasteiger partial charge in [0.15, 0.2) is 0 Å². The van der Waals surface area contributed by atoms with E-state index in [9.17, 15) is 4.39 Å². The maximum Gasteiger partial charge on any atom is 0.149 e. The molecule has 0 spiro atoms. The Labute approximate surface area is 110 Å². The summed E-state index contributed by atoms with van der Waals surface area (Å²) in [6.45, 7) is 3.84. The first-order valence-electron chi connectivity index (χ1n) is 5.62. The van der Waals surface area contributed by atoms with Crippen LogP contribution in [0, 0.1) is 12.7 Å². The molecule has 1 heterocycles. The fourth-order valence-electron chi connectivity index (χ4n) is 1.73. The maximum atomic E-state index is 12.9. The van der Waals surface area contributed by atoms with E-state index < -0.39 is 0 Å². The normalized spacial score (nSPS) is 12.4. The van der Waals surface area contributed by atoms with E-state index in [2.05, 4.69) is 15.2 Å². The van der Waals surface area contributed by atoms with E-state index in [1.807, 2.05) is 20.1 Å². The van der Waals surface area contributed by atoms with Gasteiger partial charge in [0.1, 0.15) is 22.4 Å². The molecule has 0 amide bonds. The Balaban J connectivity index is 2.39. The van der Waals surface area contributed by atoms with Crippen LogP contribution in [0.1, 0.15) is 29.9 Å². The van der Waals surface area contributed by atoms with E-state index in [4.69, 9.17) is 0 Å². The molecule has 1 aromatic carbocycles. The first kappa shape index (κ1) is 13.0. The van der Waals surface area contributed by atoms with Crippen molar-refractivity contribution in [2.24, 2.45) is 0 Å². The number of halogens is 1. The molecule has 3 nitrogen and oxygen atoms in total. The van der Waals surface area contributed by atoms with E-state index in [1.54, 1.807) is 23.9 Å². The van der Waals surface area contributed by atoms with Crippen LogP contribution < -0.4 is 0 Å². The Hall–Kier alpha value is -1.49. The number of aryl methyl sites for hydroxylation is 1. The van der Waals surface area contributed by atoms with Crippen molar-refractivity contribution < 1.29 is 4.39 Å². The predicted molar refractivity (Wildman–Crippen MR) is 70.3 cm³/mol. The minimum absolute atomic E-state index is 0.0497. The molecule has 1 atom stereocenters. The second kappa shape index (κ2) is 5.44. The number of rotatable bonds is 3. The van der Waals surface area contributed by atoms with E-state index in [-0.39, 0.29) is 11.7 Å². The molecule has 0 N–H and O–H groups in total. The predicted octanol–water partition coefficient (Wildman–Crippen LogP) is 3.19. The molecule has 2 rings (SSSR count). The molecule has 0 saturated heterocycles. The number of hydrogen-bond donors (Lipinski definition) is 0. The Morgan fingerprint density at radius 1 is 1.17 bits per heavy atom. The highest BCUT2D eigenvalue weighted by Gasteiger charge is 2.16. The number of benzene rings is 1. The zero-order valence-electron chi connectivity index (χ0n) is 10.5. The Morgan fingerprint density at radius 3 is 2.44 bits per heavy atom. The molecule has 18 heavy (non-hydrogen) atoms. The lowest BCUT2D eigenvalue weighted by Crippen LogP contribution is -2.06. The number of nitrogens with zero attached hydrogens (tertiary/aromatic N) is 3. The summed E-state index contributed by atoms with van der Waals surface area (Å²) in [5, 5.41) is 9.10. The monoisotopic (exact) mass is 263 g/mol. The van der Waals surface area contributed by atoms with Gasteiger partial charge in [0.2, 0.25) is 0 Å². The summed E-state index contributed by atoms with van der Waals surface area (Å²) in [6.07, 6.45) is 1.96. The van der Waals surface area contributed by atoms with Crippen molar-refractivity contribution in [1.29, 1.82) is 0 Å². The van der Waals surface area contributed by atoms with Crippen molar-refractivity contribution >= 4 is 11.8 Å². The van der Waals surface area contributed by atoms with Gasteiger partial charge in [-0.2, -0.15) is 5.10 Å². The van der Waals surface area contributed by atoms with Gasteiger partial charge in [-0.05, 0) is 30.9 Å². The third-order valence-electron chi connectivity index (χ3n) is 2.76. The average Bonchev–Trinajstić information content (AvgIpc) is 2.38. The molecule has 0 fully saturated rings. The topological polar surface area (TPSA) is 38.7 Å². The van der Waals surface area contributed by atoms with Crippen LogP contribution in [0.5, 0.6) is 0 Å². The zero-order valence-corrected chi connectivity index (χ0v) is 11.3. The van der Waals surface area contributed by atoms with Crippen molar-refractivity contribution in [2.45, 2.75) is 24.8 Å². The van der Waals surface area contributed by atoms with Crippen molar-refractivity contribution in [1.82, 2.24) is 15.2 Å². The third-order valence-corrected chi connectivity index (χ3v) is 3.45. The standard InChI is InChI=1S/C13H14FN3S/c1-8(10-4-6-11(14)7-5-10)12-13(18-3)15-9(2)16-17-12/h4-8H,1-3H3. The summed E-state index contributed by atoms with van der Waals surface area (Å²) in [6, 6.07) is 6.45. The molecule has 2 aromatic rings. The SMILES string of the molecule is CSc1nc(C)nnc1C(C)c1ccc(F)cc1. The molecule has 0 saturated carbocycles. The molecule has 0 aliphatic carbocycles. The van der Waals surface area contributed by atoms with E-state index in [0.29, 0.717) is 5.82 Å². The summed E-state index contributed by atoms with van der Waals surface area (Å²) in [7, 11) is 0. The molecule has 94 valence electrons. The summed E-state index contributed by atoms with van der Waals surface area (Å²) >= 11 is 1.55. The van der Waals surface area contributed by atoms with Crippen molar-refractivity contribution in [3.8, 4) is 0 Å². The lowest BCUT2D eigenvalue weighted by Gasteiger charge is -2.13. The van der Waals surface area contributed by atoms with Crippen molar-refractivity contribution in [3.05, 3.63) is 47.2 Å². The van der Waals surface area contributed by atoms with Gasteiger partial charge in [-0.25, -0.2) is 9.37 Å². The molecule has 1 unspecified atom stereocenters. The Kier molecular flexibility index (Phi) is 3.91. The Bertz CT molecular complexity index is 542. The van der Waals surface area contributed by atoms with Crippen LogP contribution in [0.15, 0.2) is 29.3 Å². The summed E-state index contributed by atoms with van der Waals surface area (Å²) < 4.78 is 12.9. The first-order valence-corrected chi connectivity index (χ1v) is 6.85. The molecule has 0 aliphatic rings. The maximum absolute atomic E-state index is 12.9. The number of hydrogen-bond acceptors (Lipinski definition) is 4. The van der Waals surface area contributed by atoms with E-state index in [1.165, 1.54) is 12.1 Å². The highest BCUT2D eigenvalue weighted by Crippen LogP contribution is 2.28. The first-order chi connectivity index (χ1) is 8.61. The summed E-state index contributed by atoms with van der Waals surface area (Å²) in [5.74, 6) is 0.479. The molecule has 0 radical (unpaired) electrons. The fourth-order valence-corrected chi connectivity index (χ4v) is 2.38. The minimum Gasteiger partial charge on any atom is -0.223 e. The van der Waals surface area contributed by atoms with Gasteiger partial charge in [-0.15, -0.1) is 16.9 Å². The second-order valence-corrected chi connectivity index (χ2v) is 4.82. The lowest BCUT2D eigenvalue weighted by molar-refractivity contribution is 0.626. The van der Waals surface area contributed by atoms with Gasteiger partial charge in [0.25, 0.3) is 0 Å². The van der Waals surface area contributed by atoms with Gasteiger partial charge in [0.05, 0.1) is 0 Å². The van der Waals surface area contributed by atoms with E-state index in [0.717, 1.165) is 16.3 Å². The van der Waals surface area contributed by atoms with Crippen molar-refractivity contribution in [3.63, 3.8) is 0 Å². The van der Waals surface area contributed by atoms with E-state index >= 15 is 0 Å². The third kappa shape index (κ3) is 2.67. The summed E-state index contributed by atoms with van der Waals surface area (Å²) in [5.41, 5.74) is 1.84. The number of aromatic nitrogens is 3. The van der Waals surface area contributed by atoms with Crippen LogP contribution in [0.4, 0.5) is 4.39 Å². The van der Waals surface area contributed by atoms with Gasteiger partial charge in [0, 0.05) is 5.92 Å². The molecule has 0 bridgehead atoms. The Morgan fingerprint density at radius 2 is 1.83 bits per heavy atom. The smallest absolute Gasteiger partial charge is 0.149 e. The van der Waals surface area contributed by atoms with Gasteiger partial charge < -0.3 is 0 Å². The lowest BCUT2D eigenvalue weighted by atomic mass is 9.98. The minimum atomic E-state index is -0.232. The van der Waals surface area contributed by atoms with Gasteiger partial charge >= 0.3 is 0 Å². The number of thioether (sulfide) groups is 1. The zero-order chi connectivity index (χ0) is 13.1. The fraction of sp³-hybridized carbons (Fsp3) is 0.308. The molecule has 1 aromatic heterocycles. The molecule has 5 heteroatoms. The van der Waals surface area contributed by atoms with Crippen molar-refractivity contribution in [2.75, 3.05) is 6.26 Å². The van der Waals surface area contributed by atoms with Crippen LogP contribution in [-0.4, -0.2) is 21.4 Å². The van der Waals surface area contributed by atoms with Crippen LogP contribution in [0.2, 0.25) is 0 Å². The van der Waals surface area contributed by atoms with Crippen LogP contribution in [0.25, 0.3) is 0 Å². The molecular weight excluding hydrogens is 249 g/mol. The van der Waals surface area contributed by atoms with Crippen LogP contribution in [0.3, 0.4) is 0 Å². The van der Waals surface area contributed by atoms with Gasteiger partial charge in [-0.1, -0.05) is 19.1 Å². The summed E-state index contributed by atoms with van der Waals surface area (Å²) in [4.78, 5) is 4.37. The van der Waals surface area contributed by atoms with Crippen LogP contribution >= 0.6 is 11.8 Å². The van der Waals surface area contributed by atoms with Crippen LogP contribution in [-0.2, 0) is 0 Å². The molecule has 0 aliphatic heterocycles. The largest absolute Gasteiger partial charge is 0.223 e. The molecular formula is C13H14FN3S.